The van der Waals surface area contributed by atoms with E-state index < -0.39 is 5.91 Å². The maximum atomic E-state index is 11.6. The fraction of sp³-hybridized carbons (Fsp3) is 0.538. The van der Waals surface area contributed by atoms with Crippen LogP contribution in [0.1, 0.15) is 35.0 Å². The van der Waals surface area contributed by atoms with Crippen LogP contribution in [0.15, 0.2) is 6.07 Å². The van der Waals surface area contributed by atoms with E-state index in [2.05, 4.69) is 11.9 Å². The van der Waals surface area contributed by atoms with Gasteiger partial charge in [0.05, 0.1) is 5.56 Å². The largest absolute Gasteiger partial charge is 0.365 e. The van der Waals surface area contributed by atoms with Crippen molar-refractivity contribution in [3.05, 3.63) is 22.9 Å². The second-order valence-electron chi connectivity index (χ2n) is 4.68. The summed E-state index contributed by atoms with van der Waals surface area (Å²) in [5, 5.41) is 0. The molecule has 0 aliphatic carbocycles. The number of nitrogens with zero attached hydrogens (tertiary/aromatic N) is 2. The first-order chi connectivity index (χ1) is 8.38. The zero-order valence-electron chi connectivity index (χ0n) is 11.5. The lowest BCUT2D eigenvalue weighted by Gasteiger charge is -2.28. The van der Waals surface area contributed by atoms with Crippen molar-refractivity contribution in [2.45, 2.75) is 33.2 Å². The van der Waals surface area contributed by atoms with Gasteiger partial charge >= 0.3 is 0 Å². The minimum Gasteiger partial charge on any atom is -0.365 e. The summed E-state index contributed by atoms with van der Waals surface area (Å²) in [4.78, 5) is 18.0. The van der Waals surface area contributed by atoms with E-state index in [4.69, 9.17) is 11.5 Å². The fourth-order valence-electron chi connectivity index (χ4n) is 2.02. The van der Waals surface area contributed by atoms with Gasteiger partial charge in [-0.25, -0.2) is 4.98 Å². The Kier molecular flexibility index (Phi) is 4.67. The van der Waals surface area contributed by atoms with Crippen LogP contribution in [-0.2, 0) is 0 Å². The first-order valence-electron chi connectivity index (χ1n) is 6.09. The molecule has 0 saturated carbocycles. The van der Waals surface area contributed by atoms with Gasteiger partial charge in [-0.1, -0.05) is 0 Å². The lowest BCUT2D eigenvalue weighted by molar-refractivity contribution is 0.1000. The quantitative estimate of drug-likeness (QED) is 0.815. The van der Waals surface area contributed by atoms with E-state index >= 15 is 0 Å². The summed E-state index contributed by atoms with van der Waals surface area (Å²) in [6.07, 6.45) is 0.837. The molecular weight excluding hydrogens is 228 g/mol. The van der Waals surface area contributed by atoms with E-state index in [1.807, 2.05) is 31.9 Å². The highest BCUT2D eigenvalue weighted by molar-refractivity contribution is 5.99. The van der Waals surface area contributed by atoms with E-state index in [0.717, 1.165) is 17.7 Å². The van der Waals surface area contributed by atoms with Crippen LogP contribution in [0, 0.1) is 13.8 Å². The number of hydrogen-bond donors (Lipinski definition) is 2. The minimum atomic E-state index is -0.443. The molecule has 100 valence electrons. The molecule has 0 aliphatic heterocycles. The Morgan fingerprint density at radius 3 is 2.61 bits per heavy atom. The van der Waals surface area contributed by atoms with Gasteiger partial charge in [-0.05, 0) is 45.4 Å². The third-order valence-corrected chi connectivity index (χ3v) is 3.15. The molecule has 0 radical (unpaired) electrons. The van der Waals surface area contributed by atoms with Gasteiger partial charge in [-0.3, -0.25) is 4.79 Å². The molecule has 1 aromatic heterocycles. The summed E-state index contributed by atoms with van der Waals surface area (Å²) in [5.74, 6) is 0.197. The Bertz CT molecular complexity index is 445. The number of carbonyl (C=O) groups excluding carboxylic acids is 1. The van der Waals surface area contributed by atoms with Crippen LogP contribution in [0.3, 0.4) is 0 Å². The summed E-state index contributed by atoms with van der Waals surface area (Å²) in [5.41, 5.74) is 13.2. The number of hydrogen-bond acceptors (Lipinski definition) is 4. The topological polar surface area (TPSA) is 85.2 Å². The van der Waals surface area contributed by atoms with Gasteiger partial charge in [0.15, 0.2) is 0 Å². The normalized spacial score (nSPS) is 12.3. The highest BCUT2D eigenvalue weighted by Gasteiger charge is 2.20. The lowest BCUT2D eigenvalue weighted by Crippen LogP contribution is -2.34. The highest BCUT2D eigenvalue weighted by atomic mass is 16.1. The SMILES string of the molecule is Cc1cc(C)c(C(N)=O)c(N(C)C(C)CCN)n1. The molecule has 5 nitrogen and oxygen atoms in total. The first kappa shape index (κ1) is 14.4. The number of carbonyl (C=O) groups is 1. The van der Waals surface area contributed by atoms with Gasteiger partial charge in [0.1, 0.15) is 5.82 Å². The Balaban J connectivity index is 3.25. The van der Waals surface area contributed by atoms with Crippen LogP contribution in [-0.4, -0.2) is 30.5 Å². The maximum Gasteiger partial charge on any atom is 0.252 e. The third kappa shape index (κ3) is 2.98. The molecule has 1 rings (SSSR count). The van der Waals surface area contributed by atoms with Gasteiger partial charge in [0.25, 0.3) is 5.91 Å². The number of aryl methyl sites for hydroxylation is 2. The molecule has 1 amide bonds. The number of rotatable bonds is 5. The molecule has 5 heteroatoms. The number of pyridine rings is 1. The molecule has 0 spiro atoms. The zero-order valence-corrected chi connectivity index (χ0v) is 11.5. The summed E-state index contributed by atoms with van der Waals surface area (Å²) in [7, 11) is 1.91. The van der Waals surface area contributed by atoms with Gasteiger partial charge in [-0.2, -0.15) is 0 Å². The van der Waals surface area contributed by atoms with Crippen molar-refractivity contribution in [3.8, 4) is 0 Å². The smallest absolute Gasteiger partial charge is 0.252 e. The molecule has 0 aliphatic rings. The third-order valence-electron chi connectivity index (χ3n) is 3.15. The van der Waals surface area contributed by atoms with E-state index in [9.17, 15) is 4.79 Å². The number of anilines is 1. The Morgan fingerprint density at radius 2 is 2.11 bits per heavy atom. The Labute approximate surface area is 108 Å². The van der Waals surface area contributed by atoms with Crippen molar-refractivity contribution in [3.63, 3.8) is 0 Å². The Morgan fingerprint density at radius 1 is 1.50 bits per heavy atom. The van der Waals surface area contributed by atoms with Crippen molar-refractivity contribution in [2.75, 3.05) is 18.5 Å². The lowest BCUT2D eigenvalue weighted by atomic mass is 10.1. The molecule has 4 N–H and O–H groups in total. The molecule has 1 heterocycles. The van der Waals surface area contributed by atoms with Crippen molar-refractivity contribution in [1.29, 1.82) is 0 Å². The molecule has 18 heavy (non-hydrogen) atoms. The zero-order chi connectivity index (χ0) is 13.9. The fourth-order valence-corrected chi connectivity index (χ4v) is 2.02. The average Bonchev–Trinajstić information content (AvgIpc) is 2.26. The summed E-state index contributed by atoms with van der Waals surface area (Å²) in [6, 6.07) is 2.08. The van der Waals surface area contributed by atoms with Gasteiger partial charge in [-0.15, -0.1) is 0 Å². The summed E-state index contributed by atoms with van der Waals surface area (Å²) >= 11 is 0. The van der Waals surface area contributed by atoms with Gasteiger partial charge in [0.2, 0.25) is 0 Å². The Hall–Kier alpha value is -1.62. The molecule has 1 aromatic rings. The number of aromatic nitrogens is 1. The number of amides is 1. The van der Waals surface area contributed by atoms with Crippen LogP contribution in [0.5, 0.6) is 0 Å². The molecule has 1 atom stereocenters. The molecule has 0 aromatic carbocycles. The minimum absolute atomic E-state index is 0.210. The van der Waals surface area contributed by atoms with Crippen LogP contribution >= 0.6 is 0 Å². The maximum absolute atomic E-state index is 11.6. The average molecular weight is 250 g/mol. The van der Waals surface area contributed by atoms with Crippen LogP contribution in [0.2, 0.25) is 0 Å². The molecule has 1 unspecified atom stereocenters. The van der Waals surface area contributed by atoms with Gasteiger partial charge in [0, 0.05) is 18.8 Å². The molecule has 0 fully saturated rings. The van der Waals surface area contributed by atoms with Crippen LogP contribution in [0.4, 0.5) is 5.82 Å². The number of primary amides is 1. The molecule has 0 saturated heterocycles. The van der Waals surface area contributed by atoms with Crippen LogP contribution in [0.25, 0.3) is 0 Å². The predicted molar refractivity (Wildman–Crippen MR) is 73.8 cm³/mol. The molecular formula is C13H22N4O. The van der Waals surface area contributed by atoms with Crippen LogP contribution < -0.4 is 16.4 Å². The van der Waals surface area contributed by atoms with E-state index in [1.165, 1.54) is 0 Å². The monoisotopic (exact) mass is 250 g/mol. The first-order valence-corrected chi connectivity index (χ1v) is 6.09. The van der Waals surface area contributed by atoms with Crippen molar-refractivity contribution >= 4 is 11.7 Å². The van der Waals surface area contributed by atoms with Crippen molar-refractivity contribution in [1.82, 2.24) is 4.98 Å². The van der Waals surface area contributed by atoms with E-state index in [-0.39, 0.29) is 6.04 Å². The molecule has 0 bridgehead atoms. The van der Waals surface area contributed by atoms with Crippen molar-refractivity contribution in [2.24, 2.45) is 11.5 Å². The number of nitrogens with two attached hydrogens (primary N) is 2. The highest BCUT2D eigenvalue weighted by Crippen LogP contribution is 2.23. The van der Waals surface area contributed by atoms with E-state index in [1.54, 1.807) is 0 Å². The second-order valence-corrected chi connectivity index (χ2v) is 4.68. The summed E-state index contributed by atoms with van der Waals surface area (Å²) in [6.45, 7) is 6.43. The second kappa shape index (κ2) is 5.82. The van der Waals surface area contributed by atoms with Gasteiger partial charge < -0.3 is 16.4 Å². The standard InChI is InChI=1S/C13H22N4O/c1-8-7-9(2)16-13(11(8)12(15)18)17(4)10(3)5-6-14/h7,10H,5-6,14H2,1-4H3,(H2,15,18). The predicted octanol–water partition coefficient (Wildman–Crippen LogP) is 0.971. The van der Waals surface area contributed by atoms with E-state index in [0.29, 0.717) is 17.9 Å². The summed E-state index contributed by atoms with van der Waals surface area (Å²) < 4.78 is 0. The van der Waals surface area contributed by atoms with Crippen molar-refractivity contribution < 1.29 is 4.79 Å².